The fraction of sp³-hybridized carbons (Fsp3) is 0.538. The third-order valence-electron chi connectivity index (χ3n) is 2.96. The molecule has 0 saturated carbocycles. The van der Waals surface area contributed by atoms with E-state index in [1.807, 2.05) is 11.8 Å². The molecule has 0 bridgehead atoms. The summed E-state index contributed by atoms with van der Waals surface area (Å²) < 4.78 is 25.7. The van der Waals surface area contributed by atoms with Gasteiger partial charge in [0.2, 0.25) is 0 Å². The molecule has 1 aliphatic rings. The van der Waals surface area contributed by atoms with Crippen molar-refractivity contribution in [3.8, 4) is 0 Å². The van der Waals surface area contributed by atoms with Gasteiger partial charge in [-0.2, -0.15) is 11.8 Å². The Morgan fingerprint density at radius 3 is 2.82 bits per heavy atom. The summed E-state index contributed by atoms with van der Waals surface area (Å²) in [5.41, 5.74) is 0.796. The molecule has 1 unspecified atom stereocenters. The van der Waals surface area contributed by atoms with E-state index in [0.717, 1.165) is 12.1 Å². The van der Waals surface area contributed by atoms with Crippen LogP contribution in [0, 0.1) is 11.6 Å². The number of nitrogens with one attached hydrogen (secondary N) is 1. The molecule has 4 heteroatoms. The summed E-state index contributed by atoms with van der Waals surface area (Å²) in [6, 6.07) is 4.07. The molecule has 1 fully saturated rings. The Morgan fingerprint density at radius 2 is 2.12 bits per heavy atom. The predicted octanol–water partition coefficient (Wildman–Crippen LogP) is 3.34. The molecular weight excluding hydrogens is 240 g/mol. The van der Waals surface area contributed by atoms with Gasteiger partial charge in [-0.15, -0.1) is 0 Å². The van der Waals surface area contributed by atoms with Crippen LogP contribution in [0.5, 0.6) is 0 Å². The summed E-state index contributed by atoms with van der Waals surface area (Å²) in [4.78, 5) is 0. The second-order valence-corrected chi connectivity index (χ2v) is 5.78. The molecule has 1 aromatic carbocycles. The van der Waals surface area contributed by atoms with Crippen LogP contribution < -0.4 is 5.32 Å². The molecule has 0 amide bonds. The highest BCUT2D eigenvalue weighted by Gasteiger charge is 2.13. The maximum atomic E-state index is 13.0. The molecule has 0 aromatic heterocycles. The van der Waals surface area contributed by atoms with Crippen LogP contribution in [0.15, 0.2) is 18.2 Å². The van der Waals surface area contributed by atoms with Crippen LogP contribution in [0.3, 0.4) is 0 Å². The zero-order valence-electron chi connectivity index (χ0n) is 9.72. The fourth-order valence-electron chi connectivity index (χ4n) is 2.00. The van der Waals surface area contributed by atoms with Crippen LogP contribution in [0.2, 0.25) is 0 Å². The average Bonchev–Trinajstić information content (AvgIpc) is 2.35. The highest BCUT2D eigenvalue weighted by Crippen LogP contribution is 2.24. The van der Waals surface area contributed by atoms with Crippen molar-refractivity contribution in [3.63, 3.8) is 0 Å². The van der Waals surface area contributed by atoms with Crippen molar-refractivity contribution in [3.05, 3.63) is 35.4 Å². The molecule has 0 spiro atoms. The normalized spacial score (nSPS) is 20.5. The van der Waals surface area contributed by atoms with Crippen LogP contribution in [-0.2, 0) is 6.54 Å². The number of halogens is 2. The molecule has 1 heterocycles. The van der Waals surface area contributed by atoms with E-state index < -0.39 is 11.6 Å². The predicted molar refractivity (Wildman–Crippen MR) is 68.2 cm³/mol. The van der Waals surface area contributed by atoms with Gasteiger partial charge in [-0.1, -0.05) is 12.5 Å². The molecule has 1 N–H and O–H groups in total. The summed E-state index contributed by atoms with van der Waals surface area (Å²) >= 11 is 2.01. The van der Waals surface area contributed by atoms with Crippen molar-refractivity contribution in [2.24, 2.45) is 0 Å². The Morgan fingerprint density at radius 1 is 1.24 bits per heavy atom. The molecule has 2 rings (SSSR count). The van der Waals surface area contributed by atoms with E-state index in [-0.39, 0.29) is 0 Å². The van der Waals surface area contributed by atoms with E-state index in [0.29, 0.717) is 11.8 Å². The first kappa shape index (κ1) is 12.8. The summed E-state index contributed by atoms with van der Waals surface area (Å²) in [7, 11) is 0. The summed E-state index contributed by atoms with van der Waals surface area (Å²) in [6.45, 7) is 1.55. The van der Waals surface area contributed by atoms with Crippen LogP contribution in [-0.4, -0.2) is 17.5 Å². The van der Waals surface area contributed by atoms with E-state index in [9.17, 15) is 8.78 Å². The standard InChI is InChI=1S/C13H17F2NS/c14-12-5-4-10(7-13(12)15)8-16-9-11-3-1-2-6-17-11/h4-5,7,11,16H,1-3,6,8-9H2. The van der Waals surface area contributed by atoms with Crippen molar-refractivity contribution in [1.82, 2.24) is 5.32 Å². The third-order valence-corrected chi connectivity index (χ3v) is 4.36. The lowest BCUT2D eigenvalue weighted by Crippen LogP contribution is -2.26. The average molecular weight is 257 g/mol. The van der Waals surface area contributed by atoms with Gasteiger partial charge in [0.15, 0.2) is 11.6 Å². The number of hydrogen-bond acceptors (Lipinski definition) is 2. The van der Waals surface area contributed by atoms with Crippen molar-refractivity contribution >= 4 is 11.8 Å². The molecule has 0 radical (unpaired) electrons. The number of hydrogen-bond donors (Lipinski definition) is 1. The van der Waals surface area contributed by atoms with Crippen LogP contribution >= 0.6 is 11.8 Å². The maximum absolute atomic E-state index is 13.0. The van der Waals surface area contributed by atoms with Gasteiger partial charge in [-0.3, -0.25) is 0 Å². The van der Waals surface area contributed by atoms with Gasteiger partial charge in [0.05, 0.1) is 0 Å². The Kier molecular flexibility index (Phi) is 4.80. The molecular formula is C13H17F2NS. The van der Waals surface area contributed by atoms with Gasteiger partial charge >= 0.3 is 0 Å². The SMILES string of the molecule is Fc1ccc(CNCC2CCCCS2)cc1F. The zero-order chi connectivity index (χ0) is 12.1. The van der Waals surface area contributed by atoms with Crippen molar-refractivity contribution in [1.29, 1.82) is 0 Å². The highest BCUT2D eigenvalue weighted by atomic mass is 32.2. The molecule has 1 atom stereocenters. The Labute approximate surface area is 105 Å². The quantitative estimate of drug-likeness (QED) is 0.888. The minimum absolute atomic E-state index is 0.605. The first-order valence-corrected chi connectivity index (χ1v) is 7.07. The van der Waals surface area contributed by atoms with Crippen molar-refractivity contribution in [2.75, 3.05) is 12.3 Å². The molecule has 17 heavy (non-hydrogen) atoms. The highest BCUT2D eigenvalue weighted by molar-refractivity contribution is 7.99. The van der Waals surface area contributed by atoms with Gasteiger partial charge in [-0.25, -0.2) is 8.78 Å². The molecule has 1 nitrogen and oxygen atoms in total. The molecule has 94 valence electrons. The van der Waals surface area contributed by atoms with Crippen LogP contribution in [0.4, 0.5) is 8.78 Å². The van der Waals surface area contributed by atoms with E-state index in [4.69, 9.17) is 0 Å². The molecule has 1 saturated heterocycles. The van der Waals surface area contributed by atoms with Crippen molar-refractivity contribution < 1.29 is 8.78 Å². The Balaban J connectivity index is 1.75. The number of thioether (sulfide) groups is 1. The summed E-state index contributed by atoms with van der Waals surface area (Å²) in [6.07, 6.45) is 3.89. The second kappa shape index (κ2) is 6.36. The Hall–Kier alpha value is -0.610. The Bertz CT molecular complexity index is 364. The van der Waals surface area contributed by atoms with Gasteiger partial charge < -0.3 is 5.32 Å². The van der Waals surface area contributed by atoms with E-state index in [1.54, 1.807) is 6.07 Å². The third kappa shape index (κ3) is 3.96. The van der Waals surface area contributed by atoms with Crippen molar-refractivity contribution in [2.45, 2.75) is 31.1 Å². The first-order valence-electron chi connectivity index (χ1n) is 6.02. The topological polar surface area (TPSA) is 12.0 Å². The minimum atomic E-state index is -0.781. The largest absolute Gasteiger partial charge is 0.312 e. The molecule has 1 aliphatic heterocycles. The van der Waals surface area contributed by atoms with Crippen LogP contribution in [0.25, 0.3) is 0 Å². The lowest BCUT2D eigenvalue weighted by Gasteiger charge is -2.21. The minimum Gasteiger partial charge on any atom is -0.312 e. The summed E-state index contributed by atoms with van der Waals surface area (Å²) in [5, 5.41) is 3.98. The van der Waals surface area contributed by atoms with Gasteiger partial charge in [0.1, 0.15) is 0 Å². The summed E-state index contributed by atoms with van der Waals surface area (Å²) in [5.74, 6) is -0.301. The maximum Gasteiger partial charge on any atom is 0.159 e. The lowest BCUT2D eigenvalue weighted by atomic mass is 10.2. The fourth-order valence-corrected chi connectivity index (χ4v) is 3.27. The molecule has 1 aromatic rings. The van der Waals surface area contributed by atoms with Gasteiger partial charge in [0.25, 0.3) is 0 Å². The van der Waals surface area contributed by atoms with E-state index in [1.165, 1.54) is 37.1 Å². The zero-order valence-corrected chi connectivity index (χ0v) is 10.5. The monoisotopic (exact) mass is 257 g/mol. The number of benzene rings is 1. The van der Waals surface area contributed by atoms with Gasteiger partial charge in [-0.05, 0) is 36.3 Å². The van der Waals surface area contributed by atoms with Gasteiger partial charge in [0, 0.05) is 18.3 Å². The van der Waals surface area contributed by atoms with Crippen LogP contribution in [0.1, 0.15) is 24.8 Å². The smallest absolute Gasteiger partial charge is 0.159 e. The van der Waals surface area contributed by atoms with E-state index >= 15 is 0 Å². The first-order chi connectivity index (χ1) is 8.25. The van der Waals surface area contributed by atoms with E-state index in [2.05, 4.69) is 5.32 Å². The second-order valence-electron chi connectivity index (χ2n) is 4.37. The lowest BCUT2D eigenvalue weighted by molar-refractivity contribution is 0.505. The molecule has 0 aliphatic carbocycles. The number of rotatable bonds is 4.